The minimum atomic E-state index is -2.76. The van der Waals surface area contributed by atoms with Crippen LogP contribution in [0, 0.1) is 6.92 Å². The molecule has 1 aromatic rings. The van der Waals surface area contributed by atoms with Crippen LogP contribution in [-0.4, -0.2) is 17.3 Å². The SMILES string of the molecule is COc1ncc(C(=O)Cl)c(C)c1C(F)F. The number of hydrogen-bond donors (Lipinski definition) is 0. The number of methoxy groups -OCH3 is 1. The summed E-state index contributed by atoms with van der Waals surface area (Å²) in [6, 6.07) is 0. The molecule has 0 saturated carbocycles. The first kappa shape index (κ1) is 11.8. The third-order valence-electron chi connectivity index (χ3n) is 1.97. The molecule has 1 rings (SSSR count). The number of carbonyl (C=O) groups is 1. The van der Waals surface area contributed by atoms with E-state index < -0.39 is 17.2 Å². The number of aromatic nitrogens is 1. The fourth-order valence-corrected chi connectivity index (χ4v) is 1.40. The van der Waals surface area contributed by atoms with Gasteiger partial charge in [0.2, 0.25) is 5.88 Å². The van der Waals surface area contributed by atoms with Gasteiger partial charge in [0, 0.05) is 6.20 Å². The van der Waals surface area contributed by atoms with Crippen LogP contribution < -0.4 is 4.74 Å². The molecule has 0 aliphatic rings. The number of carbonyl (C=O) groups excluding carboxylic acids is 1. The Labute approximate surface area is 90.0 Å². The Morgan fingerprint density at radius 1 is 1.60 bits per heavy atom. The van der Waals surface area contributed by atoms with Crippen molar-refractivity contribution in [1.29, 1.82) is 0 Å². The van der Waals surface area contributed by atoms with Crippen molar-refractivity contribution < 1.29 is 18.3 Å². The number of rotatable bonds is 3. The number of hydrogen-bond acceptors (Lipinski definition) is 3. The van der Waals surface area contributed by atoms with Crippen LogP contribution in [0.4, 0.5) is 8.78 Å². The molecule has 1 aromatic heterocycles. The van der Waals surface area contributed by atoms with Gasteiger partial charge in [0.05, 0.1) is 18.2 Å². The predicted octanol–water partition coefficient (Wildman–Crippen LogP) is 2.72. The van der Waals surface area contributed by atoms with Gasteiger partial charge in [0.25, 0.3) is 11.7 Å². The van der Waals surface area contributed by atoms with Gasteiger partial charge in [-0.15, -0.1) is 0 Å². The topological polar surface area (TPSA) is 39.2 Å². The fraction of sp³-hybridized carbons (Fsp3) is 0.333. The quantitative estimate of drug-likeness (QED) is 0.756. The smallest absolute Gasteiger partial charge is 0.269 e. The maximum atomic E-state index is 12.6. The van der Waals surface area contributed by atoms with Crippen molar-refractivity contribution in [2.24, 2.45) is 0 Å². The zero-order valence-corrected chi connectivity index (χ0v) is 8.81. The van der Waals surface area contributed by atoms with E-state index in [2.05, 4.69) is 9.72 Å². The number of ether oxygens (including phenoxy) is 1. The molecule has 0 aromatic carbocycles. The zero-order chi connectivity index (χ0) is 11.6. The molecule has 1 heterocycles. The molecular formula is C9H8ClF2NO2. The standard InChI is InChI=1S/C9H8ClF2NO2/c1-4-5(7(10)14)3-13-9(15-2)6(4)8(11)12/h3,8H,1-2H3. The molecule has 3 nitrogen and oxygen atoms in total. The highest BCUT2D eigenvalue weighted by Crippen LogP contribution is 2.32. The van der Waals surface area contributed by atoms with Gasteiger partial charge in [-0.1, -0.05) is 0 Å². The lowest BCUT2D eigenvalue weighted by molar-refractivity contribution is 0.107. The van der Waals surface area contributed by atoms with E-state index in [9.17, 15) is 13.6 Å². The van der Waals surface area contributed by atoms with Crippen LogP contribution in [0.1, 0.15) is 27.9 Å². The highest BCUT2D eigenvalue weighted by Gasteiger charge is 2.22. The van der Waals surface area contributed by atoms with E-state index in [-0.39, 0.29) is 17.0 Å². The molecule has 0 amide bonds. The Balaban J connectivity index is 3.42. The summed E-state index contributed by atoms with van der Waals surface area (Å²) in [5.74, 6) is -0.191. The average Bonchev–Trinajstić information content (AvgIpc) is 2.15. The number of alkyl halides is 2. The molecular weight excluding hydrogens is 228 g/mol. The Morgan fingerprint density at radius 3 is 2.60 bits per heavy atom. The summed E-state index contributed by atoms with van der Waals surface area (Å²) >= 11 is 5.22. The molecule has 0 spiro atoms. The summed E-state index contributed by atoms with van der Waals surface area (Å²) < 4.78 is 30.0. The highest BCUT2D eigenvalue weighted by atomic mass is 35.5. The van der Waals surface area contributed by atoms with Crippen LogP contribution in [0.3, 0.4) is 0 Å². The molecule has 0 atom stereocenters. The molecule has 0 unspecified atom stereocenters. The van der Waals surface area contributed by atoms with Crippen molar-refractivity contribution in [3.8, 4) is 5.88 Å². The van der Waals surface area contributed by atoms with E-state index in [4.69, 9.17) is 11.6 Å². The summed E-state index contributed by atoms with van der Waals surface area (Å²) in [5, 5.41) is -0.815. The monoisotopic (exact) mass is 235 g/mol. The summed E-state index contributed by atoms with van der Waals surface area (Å²) in [6.45, 7) is 1.38. The van der Waals surface area contributed by atoms with Gasteiger partial charge in [0.15, 0.2) is 0 Å². The van der Waals surface area contributed by atoms with Crippen molar-refractivity contribution >= 4 is 16.8 Å². The van der Waals surface area contributed by atoms with Crippen molar-refractivity contribution in [2.75, 3.05) is 7.11 Å². The van der Waals surface area contributed by atoms with Crippen LogP contribution in [0.25, 0.3) is 0 Å². The predicted molar refractivity (Wildman–Crippen MR) is 50.7 cm³/mol. The molecule has 0 saturated heterocycles. The van der Waals surface area contributed by atoms with Crippen LogP contribution in [-0.2, 0) is 0 Å². The molecule has 0 bridgehead atoms. The summed E-state index contributed by atoms with van der Waals surface area (Å²) in [5.41, 5.74) is -0.339. The lowest BCUT2D eigenvalue weighted by Gasteiger charge is -2.11. The second-order valence-corrected chi connectivity index (χ2v) is 3.14. The average molecular weight is 236 g/mol. The second-order valence-electron chi connectivity index (χ2n) is 2.79. The Hall–Kier alpha value is -1.23. The van der Waals surface area contributed by atoms with Crippen molar-refractivity contribution in [3.05, 3.63) is 22.9 Å². The van der Waals surface area contributed by atoms with Crippen LogP contribution in [0.15, 0.2) is 6.20 Å². The van der Waals surface area contributed by atoms with Crippen LogP contribution in [0.2, 0.25) is 0 Å². The second kappa shape index (κ2) is 4.53. The third-order valence-corrected chi connectivity index (χ3v) is 2.18. The fourth-order valence-electron chi connectivity index (χ4n) is 1.21. The van der Waals surface area contributed by atoms with Gasteiger partial charge in [-0.25, -0.2) is 13.8 Å². The van der Waals surface area contributed by atoms with E-state index in [0.717, 1.165) is 6.20 Å². The largest absolute Gasteiger partial charge is 0.481 e. The van der Waals surface area contributed by atoms with Gasteiger partial charge in [-0.3, -0.25) is 4.79 Å². The normalized spacial score (nSPS) is 10.5. The van der Waals surface area contributed by atoms with Crippen molar-refractivity contribution in [2.45, 2.75) is 13.3 Å². The molecule has 15 heavy (non-hydrogen) atoms. The van der Waals surface area contributed by atoms with Crippen LogP contribution >= 0.6 is 11.6 Å². The van der Waals surface area contributed by atoms with E-state index >= 15 is 0 Å². The Kier molecular flexibility index (Phi) is 3.57. The minimum Gasteiger partial charge on any atom is -0.481 e. The van der Waals surface area contributed by atoms with Crippen molar-refractivity contribution in [3.63, 3.8) is 0 Å². The molecule has 0 aliphatic carbocycles. The maximum absolute atomic E-state index is 12.6. The number of nitrogens with zero attached hydrogens (tertiary/aromatic N) is 1. The van der Waals surface area contributed by atoms with Gasteiger partial charge in [-0.2, -0.15) is 0 Å². The van der Waals surface area contributed by atoms with Gasteiger partial charge in [-0.05, 0) is 24.1 Å². The molecule has 0 N–H and O–H groups in total. The molecule has 0 fully saturated rings. The van der Waals surface area contributed by atoms with Gasteiger partial charge < -0.3 is 4.74 Å². The van der Waals surface area contributed by atoms with E-state index in [1.165, 1.54) is 14.0 Å². The van der Waals surface area contributed by atoms with E-state index in [1.807, 2.05) is 0 Å². The van der Waals surface area contributed by atoms with E-state index in [0.29, 0.717) is 0 Å². The lowest BCUT2D eigenvalue weighted by atomic mass is 10.1. The molecule has 0 radical (unpaired) electrons. The maximum Gasteiger partial charge on any atom is 0.269 e. The summed E-state index contributed by atoms with van der Waals surface area (Å²) in [7, 11) is 1.23. The Bertz CT molecular complexity index is 396. The minimum absolute atomic E-state index is 0.0345. The Morgan fingerprint density at radius 2 is 2.20 bits per heavy atom. The summed E-state index contributed by atoms with van der Waals surface area (Å²) in [6.07, 6.45) is -1.64. The number of pyridine rings is 1. The first-order valence-electron chi connectivity index (χ1n) is 4.00. The van der Waals surface area contributed by atoms with E-state index in [1.54, 1.807) is 0 Å². The third kappa shape index (κ3) is 2.23. The molecule has 82 valence electrons. The number of halogens is 3. The first-order chi connectivity index (χ1) is 6.99. The highest BCUT2D eigenvalue weighted by molar-refractivity contribution is 6.67. The molecule has 6 heteroatoms. The van der Waals surface area contributed by atoms with Crippen LogP contribution in [0.5, 0.6) is 5.88 Å². The van der Waals surface area contributed by atoms with Crippen molar-refractivity contribution in [1.82, 2.24) is 4.98 Å². The first-order valence-corrected chi connectivity index (χ1v) is 4.38. The lowest BCUT2D eigenvalue weighted by Crippen LogP contribution is -2.04. The molecule has 0 aliphatic heterocycles. The zero-order valence-electron chi connectivity index (χ0n) is 8.05. The van der Waals surface area contributed by atoms with Gasteiger partial charge >= 0.3 is 0 Å². The van der Waals surface area contributed by atoms with Gasteiger partial charge in [0.1, 0.15) is 0 Å². The summed E-state index contributed by atoms with van der Waals surface area (Å²) in [4.78, 5) is 14.5.